The van der Waals surface area contributed by atoms with Crippen LogP contribution in [0.4, 0.5) is 0 Å². The Bertz CT molecular complexity index is 455. The van der Waals surface area contributed by atoms with E-state index >= 15 is 0 Å². The van der Waals surface area contributed by atoms with Crippen molar-refractivity contribution in [2.75, 3.05) is 6.54 Å². The smallest absolute Gasteiger partial charge is 0.0367 e. The summed E-state index contributed by atoms with van der Waals surface area (Å²) in [6, 6.07) is 5.53. The number of hydrogen-bond donors (Lipinski definition) is 1. The molecule has 2 aliphatic rings. The predicted octanol–water partition coefficient (Wildman–Crippen LogP) is 3.96. The van der Waals surface area contributed by atoms with Crippen LogP contribution in [0.5, 0.6) is 0 Å². The van der Waals surface area contributed by atoms with E-state index < -0.39 is 0 Å². The highest BCUT2D eigenvalue weighted by molar-refractivity contribution is 8.00. The molecule has 0 amide bonds. The number of fused-ring (bicyclic) bond motifs is 2. The second kappa shape index (κ2) is 4.90. The molecule has 0 spiro atoms. The van der Waals surface area contributed by atoms with Crippen LogP contribution in [0.15, 0.2) is 17.0 Å². The molecule has 3 unspecified atom stereocenters. The molecule has 0 saturated heterocycles. The van der Waals surface area contributed by atoms with Crippen molar-refractivity contribution in [2.45, 2.75) is 56.2 Å². The highest BCUT2D eigenvalue weighted by atomic mass is 32.2. The first-order valence-corrected chi connectivity index (χ1v) is 8.14. The van der Waals surface area contributed by atoms with Gasteiger partial charge in [-0.15, -0.1) is 11.8 Å². The number of hydrogen-bond acceptors (Lipinski definition) is 2. The average Bonchev–Trinajstić information content (AvgIpc) is 2.80. The molecule has 1 N–H and O–H groups in total. The molecule has 18 heavy (non-hydrogen) atoms. The normalized spacial score (nSPS) is 30.1. The quantitative estimate of drug-likeness (QED) is 0.865. The molecule has 98 valence electrons. The highest BCUT2D eigenvalue weighted by Gasteiger charge is 2.32. The zero-order valence-corrected chi connectivity index (χ0v) is 12.4. The summed E-state index contributed by atoms with van der Waals surface area (Å²) >= 11 is 2.08. The summed E-state index contributed by atoms with van der Waals surface area (Å²) in [6.07, 6.45) is 3.93. The number of thioether (sulfide) groups is 1. The Morgan fingerprint density at radius 3 is 2.67 bits per heavy atom. The van der Waals surface area contributed by atoms with Gasteiger partial charge in [-0.2, -0.15) is 0 Å². The third kappa shape index (κ3) is 2.00. The Hall–Kier alpha value is -0.470. The predicted molar refractivity (Wildman–Crippen MR) is 79.4 cm³/mol. The van der Waals surface area contributed by atoms with Crippen LogP contribution in [-0.4, -0.2) is 11.8 Å². The zero-order valence-electron chi connectivity index (χ0n) is 11.6. The fraction of sp³-hybridized carbons (Fsp3) is 0.625. The molecule has 1 aromatic carbocycles. The van der Waals surface area contributed by atoms with E-state index in [0.29, 0.717) is 17.2 Å². The minimum absolute atomic E-state index is 0.548. The third-order valence-electron chi connectivity index (χ3n) is 4.56. The first-order valence-electron chi connectivity index (χ1n) is 7.26. The van der Waals surface area contributed by atoms with Crippen molar-refractivity contribution < 1.29 is 0 Å². The number of benzene rings is 1. The van der Waals surface area contributed by atoms with Gasteiger partial charge in [0.2, 0.25) is 0 Å². The SMILES string of the molecule is CCNC1c2cc3c(cc2SC(C)C1C)CCC3. The van der Waals surface area contributed by atoms with Crippen molar-refractivity contribution >= 4 is 11.8 Å². The van der Waals surface area contributed by atoms with Crippen LogP contribution in [0.3, 0.4) is 0 Å². The van der Waals surface area contributed by atoms with E-state index in [4.69, 9.17) is 0 Å². The Morgan fingerprint density at radius 2 is 1.94 bits per heavy atom. The average molecular weight is 261 g/mol. The molecule has 0 bridgehead atoms. The van der Waals surface area contributed by atoms with Crippen LogP contribution in [0.1, 0.15) is 49.9 Å². The van der Waals surface area contributed by atoms with Gasteiger partial charge >= 0.3 is 0 Å². The molecule has 3 rings (SSSR count). The molecule has 1 nitrogen and oxygen atoms in total. The fourth-order valence-electron chi connectivity index (χ4n) is 3.34. The van der Waals surface area contributed by atoms with E-state index in [-0.39, 0.29) is 0 Å². The lowest BCUT2D eigenvalue weighted by molar-refractivity contribution is 0.379. The lowest BCUT2D eigenvalue weighted by atomic mass is 9.89. The summed E-state index contributed by atoms with van der Waals surface area (Å²) in [6.45, 7) is 8.03. The van der Waals surface area contributed by atoms with Crippen molar-refractivity contribution in [2.24, 2.45) is 5.92 Å². The van der Waals surface area contributed by atoms with Crippen LogP contribution < -0.4 is 5.32 Å². The van der Waals surface area contributed by atoms with E-state index in [1.165, 1.54) is 24.2 Å². The maximum Gasteiger partial charge on any atom is 0.0367 e. The van der Waals surface area contributed by atoms with Crippen LogP contribution in [-0.2, 0) is 12.8 Å². The van der Waals surface area contributed by atoms with Gasteiger partial charge in [-0.3, -0.25) is 0 Å². The Kier molecular flexibility index (Phi) is 3.42. The largest absolute Gasteiger partial charge is 0.310 e. The van der Waals surface area contributed by atoms with Gasteiger partial charge in [0.25, 0.3) is 0 Å². The second-order valence-electron chi connectivity index (χ2n) is 5.73. The molecule has 2 heteroatoms. The number of nitrogens with one attached hydrogen (secondary N) is 1. The first kappa shape index (κ1) is 12.6. The van der Waals surface area contributed by atoms with E-state index in [1.807, 2.05) is 0 Å². The molecule has 1 heterocycles. The number of aryl methyl sites for hydroxylation is 2. The summed E-state index contributed by atoms with van der Waals surface area (Å²) in [5, 5.41) is 4.41. The maximum absolute atomic E-state index is 3.70. The fourth-order valence-corrected chi connectivity index (χ4v) is 4.65. The molecule has 3 atom stereocenters. The van der Waals surface area contributed by atoms with Gasteiger partial charge in [-0.05, 0) is 54.5 Å². The summed E-state index contributed by atoms with van der Waals surface area (Å²) in [5.41, 5.74) is 4.78. The van der Waals surface area contributed by atoms with Crippen LogP contribution >= 0.6 is 11.8 Å². The van der Waals surface area contributed by atoms with Gasteiger partial charge in [-0.1, -0.05) is 26.8 Å². The number of rotatable bonds is 2. The van der Waals surface area contributed by atoms with Crippen molar-refractivity contribution in [3.63, 3.8) is 0 Å². The monoisotopic (exact) mass is 261 g/mol. The van der Waals surface area contributed by atoms with E-state index in [2.05, 4.69) is 50.0 Å². The topological polar surface area (TPSA) is 12.0 Å². The maximum atomic E-state index is 3.70. The van der Waals surface area contributed by atoms with Crippen LogP contribution in [0.25, 0.3) is 0 Å². The molecule has 0 aromatic heterocycles. The third-order valence-corrected chi connectivity index (χ3v) is 5.97. The highest BCUT2D eigenvalue weighted by Crippen LogP contribution is 2.46. The molecular weight excluding hydrogens is 238 g/mol. The van der Waals surface area contributed by atoms with Crippen LogP contribution in [0.2, 0.25) is 0 Å². The molecular formula is C16H23NS. The van der Waals surface area contributed by atoms with Gasteiger partial charge in [0.1, 0.15) is 0 Å². The van der Waals surface area contributed by atoms with Gasteiger partial charge < -0.3 is 5.32 Å². The summed E-state index contributed by atoms with van der Waals surface area (Å²) < 4.78 is 0. The minimum Gasteiger partial charge on any atom is -0.310 e. The molecule has 1 aromatic rings. The van der Waals surface area contributed by atoms with E-state index in [0.717, 1.165) is 6.54 Å². The van der Waals surface area contributed by atoms with Gasteiger partial charge in [0.15, 0.2) is 0 Å². The standard InChI is InChI=1S/C16H23NS/c1-4-17-16-10(2)11(3)18-15-9-13-7-5-6-12(13)8-14(15)16/h8-11,16-17H,4-7H2,1-3H3. The molecule has 0 saturated carbocycles. The van der Waals surface area contributed by atoms with Gasteiger partial charge in [-0.25, -0.2) is 0 Å². The van der Waals surface area contributed by atoms with Gasteiger partial charge in [0.05, 0.1) is 0 Å². The summed E-state index contributed by atoms with van der Waals surface area (Å²) in [7, 11) is 0. The Balaban J connectivity index is 2.04. The molecule has 0 fully saturated rings. The van der Waals surface area contributed by atoms with Gasteiger partial charge in [0, 0.05) is 16.2 Å². The van der Waals surface area contributed by atoms with Crippen molar-refractivity contribution in [3.8, 4) is 0 Å². The minimum atomic E-state index is 0.548. The molecule has 1 aliphatic heterocycles. The summed E-state index contributed by atoms with van der Waals surface area (Å²) in [4.78, 5) is 1.53. The lowest BCUT2D eigenvalue weighted by Gasteiger charge is -2.36. The van der Waals surface area contributed by atoms with Crippen molar-refractivity contribution in [3.05, 3.63) is 28.8 Å². The van der Waals surface area contributed by atoms with Crippen LogP contribution in [0, 0.1) is 5.92 Å². The van der Waals surface area contributed by atoms with Crippen molar-refractivity contribution in [1.29, 1.82) is 0 Å². The zero-order chi connectivity index (χ0) is 12.7. The van der Waals surface area contributed by atoms with E-state index in [1.54, 1.807) is 16.7 Å². The van der Waals surface area contributed by atoms with Crippen molar-refractivity contribution in [1.82, 2.24) is 5.32 Å². The summed E-state index contributed by atoms with van der Waals surface area (Å²) in [5.74, 6) is 0.710. The lowest BCUT2D eigenvalue weighted by Crippen LogP contribution is -2.34. The first-order chi connectivity index (χ1) is 8.70. The second-order valence-corrected chi connectivity index (χ2v) is 7.15. The van der Waals surface area contributed by atoms with E-state index in [9.17, 15) is 0 Å². The Morgan fingerprint density at radius 1 is 1.22 bits per heavy atom. The Labute approximate surface area is 115 Å². The molecule has 1 aliphatic carbocycles. The molecule has 0 radical (unpaired) electrons.